The summed E-state index contributed by atoms with van der Waals surface area (Å²) >= 11 is 0. The Labute approximate surface area is 87.4 Å². The molecule has 0 fully saturated rings. The van der Waals surface area contributed by atoms with Crippen LogP contribution in [0.25, 0.3) is 0 Å². The van der Waals surface area contributed by atoms with Crippen molar-refractivity contribution in [2.45, 2.75) is 6.92 Å². The Morgan fingerprint density at radius 1 is 1.60 bits per heavy atom. The lowest BCUT2D eigenvalue weighted by molar-refractivity contribution is -0.110. The van der Waals surface area contributed by atoms with Crippen molar-refractivity contribution in [3.63, 3.8) is 0 Å². The van der Waals surface area contributed by atoms with Gasteiger partial charge in [0.1, 0.15) is 12.0 Å². The molecule has 0 aromatic heterocycles. The molecule has 0 saturated heterocycles. The number of amides is 1. The van der Waals surface area contributed by atoms with Gasteiger partial charge in [0, 0.05) is 5.69 Å². The minimum absolute atomic E-state index is 0.481. The van der Waals surface area contributed by atoms with Crippen molar-refractivity contribution in [2.75, 3.05) is 12.4 Å². The molecule has 0 radical (unpaired) electrons. The van der Waals surface area contributed by atoms with Gasteiger partial charge in [0.2, 0.25) is 0 Å². The molecule has 80 valence electrons. The van der Waals surface area contributed by atoms with E-state index in [-0.39, 0.29) is 0 Å². The summed E-state index contributed by atoms with van der Waals surface area (Å²) < 4.78 is 5.02. The SMILES string of the molecule is COc1ccc(NC(=O)/C=N/O)c(C)c1. The number of hydrogen-bond donors (Lipinski definition) is 2. The van der Waals surface area contributed by atoms with Gasteiger partial charge in [-0.2, -0.15) is 0 Å². The predicted molar refractivity (Wildman–Crippen MR) is 56.6 cm³/mol. The number of nitrogens with one attached hydrogen (secondary N) is 1. The maximum Gasteiger partial charge on any atom is 0.270 e. The van der Waals surface area contributed by atoms with Gasteiger partial charge >= 0.3 is 0 Å². The molecular formula is C10H12N2O3. The Kier molecular flexibility index (Phi) is 3.68. The summed E-state index contributed by atoms with van der Waals surface area (Å²) in [7, 11) is 1.57. The summed E-state index contributed by atoms with van der Waals surface area (Å²) in [5, 5.41) is 13.3. The Bertz CT molecular complexity index is 388. The summed E-state index contributed by atoms with van der Waals surface area (Å²) in [6.45, 7) is 1.84. The van der Waals surface area contributed by atoms with E-state index in [2.05, 4.69) is 10.5 Å². The molecule has 0 aliphatic heterocycles. The van der Waals surface area contributed by atoms with Gasteiger partial charge in [-0.25, -0.2) is 0 Å². The summed E-state index contributed by atoms with van der Waals surface area (Å²) in [6.07, 6.45) is 0.795. The Hall–Kier alpha value is -2.04. The monoisotopic (exact) mass is 208 g/mol. The summed E-state index contributed by atoms with van der Waals surface area (Å²) in [6, 6.07) is 5.25. The van der Waals surface area contributed by atoms with Crippen molar-refractivity contribution in [2.24, 2.45) is 5.16 Å². The molecule has 0 spiro atoms. The number of benzene rings is 1. The third kappa shape index (κ3) is 2.98. The van der Waals surface area contributed by atoms with Crippen LogP contribution < -0.4 is 10.1 Å². The molecule has 1 amide bonds. The van der Waals surface area contributed by atoms with Crippen molar-refractivity contribution in [3.05, 3.63) is 23.8 Å². The third-order valence-electron chi connectivity index (χ3n) is 1.87. The number of anilines is 1. The molecule has 1 aromatic carbocycles. The predicted octanol–water partition coefficient (Wildman–Crippen LogP) is 1.40. The van der Waals surface area contributed by atoms with Gasteiger partial charge in [0.25, 0.3) is 5.91 Å². The fraction of sp³-hybridized carbons (Fsp3) is 0.200. The average molecular weight is 208 g/mol. The van der Waals surface area contributed by atoms with Crippen molar-refractivity contribution >= 4 is 17.8 Å². The molecule has 0 bridgehead atoms. The van der Waals surface area contributed by atoms with Gasteiger partial charge in [-0.3, -0.25) is 4.79 Å². The fourth-order valence-corrected chi connectivity index (χ4v) is 1.12. The number of hydrogen-bond acceptors (Lipinski definition) is 4. The maximum atomic E-state index is 11.1. The highest BCUT2D eigenvalue weighted by Crippen LogP contribution is 2.20. The lowest BCUT2D eigenvalue weighted by Gasteiger charge is -2.07. The van der Waals surface area contributed by atoms with E-state index in [0.29, 0.717) is 5.69 Å². The first-order valence-corrected chi connectivity index (χ1v) is 4.30. The van der Waals surface area contributed by atoms with Gasteiger partial charge in [-0.15, -0.1) is 0 Å². The van der Waals surface area contributed by atoms with Crippen LogP contribution in [0.15, 0.2) is 23.4 Å². The van der Waals surface area contributed by atoms with Crippen LogP contribution in [-0.2, 0) is 4.79 Å². The van der Waals surface area contributed by atoms with Gasteiger partial charge in [-0.1, -0.05) is 5.16 Å². The number of ether oxygens (including phenoxy) is 1. The summed E-state index contributed by atoms with van der Waals surface area (Å²) in [5.41, 5.74) is 1.52. The number of rotatable bonds is 3. The minimum atomic E-state index is -0.481. The molecule has 5 nitrogen and oxygen atoms in total. The highest BCUT2D eigenvalue weighted by Gasteiger charge is 2.03. The molecule has 0 heterocycles. The Morgan fingerprint density at radius 2 is 2.33 bits per heavy atom. The van der Waals surface area contributed by atoms with Gasteiger partial charge in [0.05, 0.1) is 7.11 Å². The second kappa shape index (κ2) is 4.99. The zero-order valence-corrected chi connectivity index (χ0v) is 8.52. The number of aryl methyl sites for hydroxylation is 1. The van der Waals surface area contributed by atoms with Crippen LogP contribution in [-0.4, -0.2) is 24.4 Å². The largest absolute Gasteiger partial charge is 0.497 e. The standard InChI is InChI=1S/C10H12N2O3/c1-7-5-8(15-2)3-4-9(7)12-10(13)6-11-14/h3-6,14H,1-2H3,(H,12,13)/b11-6+. The van der Waals surface area contributed by atoms with Crippen molar-refractivity contribution in [3.8, 4) is 5.75 Å². The van der Waals surface area contributed by atoms with Gasteiger partial charge in [0.15, 0.2) is 0 Å². The van der Waals surface area contributed by atoms with Crippen LogP contribution in [0.4, 0.5) is 5.69 Å². The van der Waals surface area contributed by atoms with Crippen LogP contribution in [0.3, 0.4) is 0 Å². The molecule has 1 aromatic rings. The number of oxime groups is 1. The van der Waals surface area contributed by atoms with E-state index in [0.717, 1.165) is 17.5 Å². The molecule has 0 atom stereocenters. The molecule has 0 aliphatic carbocycles. The lowest BCUT2D eigenvalue weighted by Crippen LogP contribution is -2.13. The topological polar surface area (TPSA) is 70.9 Å². The first-order chi connectivity index (χ1) is 7.17. The molecule has 0 unspecified atom stereocenters. The van der Waals surface area contributed by atoms with Gasteiger partial charge < -0.3 is 15.3 Å². The quantitative estimate of drug-likeness (QED) is 0.448. The summed E-state index contributed by atoms with van der Waals surface area (Å²) in [4.78, 5) is 11.1. The highest BCUT2D eigenvalue weighted by atomic mass is 16.5. The van der Waals surface area contributed by atoms with E-state index in [1.165, 1.54) is 0 Å². The van der Waals surface area contributed by atoms with Crippen LogP contribution in [0.1, 0.15) is 5.56 Å². The molecule has 1 rings (SSSR count). The van der Waals surface area contributed by atoms with Crippen LogP contribution in [0, 0.1) is 6.92 Å². The molecular weight excluding hydrogens is 196 g/mol. The van der Waals surface area contributed by atoms with E-state index < -0.39 is 5.91 Å². The fourth-order valence-electron chi connectivity index (χ4n) is 1.12. The second-order valence-corrected chi connectivity index (χ2v) is 2.91. The van der Waals surface area contributed by atoms with E-state index in [4.69, 9.17) is 9.94 Å². The van der Waals surface area contributed by atoms with Crippen LogP contribution in [0.5, 0.6) is 5.75 Å². The molecule has 15 heavy (non-hydrogen) atoms. The summed E-state index contributed by atoms with van der Waals surface area (Å²) in [5.74, 6) is 0.243. The number of carbonyl (C=O) groups is 1. The first kappa shape index (κ1) is 11.0. The lowest BCUT2D eigenvalue weighted by atomic mass is 10.2. The molecule has 0 saturated carbocycles. The maximum absolute atomic E-state index is 11.1. The average Bonchev–Trinajstić information content (AvgIpc) is 2.21. The van der Waals surface area contributed by atoms with E-state index in [9.17, 15) is 4.79 Å². The normalized spacial score (nSPS) is 10.3. The second-order valence-electron chi connectivity index (χ2n) is 2.91. The third-order valence-corrected chi connectivity index (χ3v) is 1.87. The van der Waals surface area contributed by atoms with E-state index in [1.807, 2.05) is 6.92 Å². The zero-order chi connectivity index (χ0) is 11.3. The zero-order valence-electron chi connectivity index (χ0n) is 8.52. The Balaban J connectivity index is 2.82. The number of methoxy groups -OCH3 is 1. The molecule has 0 aliphatic rings. The minimum Gasteiger partial charge on any atom is -0.497 e. The van der Waals surface area contributed by atoms with Crippen LogP contribution in [0.2, 0.25) is 0 Å². The smallest absolute Gasteiger partial charge is 0.270 e. The van der Waals surface area contributed by atoms with Crippen molar-refractivity contribution < 1.29 is 14.7 Å². The number of nitrogens with zero attached hydrogens (tertiary/aromatic N) is 1. The van der Waals surface area contributed by atoms with Gasteiger partial charge in [-0.05, 0) is 30.7 Å². The molecule has 2 N–H and O–H groups in total. The van der Waals surface area contributed by atoms with E-state index in [1.54, 1.807) is 25.3 Å². The van der Waals surface area contributed by atoms with Crippen molar-refractivity contribution in [1.29, 1.82) is 0 Å². The van der Waals surface area contributed by atoms with Crippen molar-refractivity contribution in [1.82, 2.24) is 0 Å². The molecule has 5 heteroatoms. The Morgan fingerprint density at radius 3 is 2.87 bits per heavy atom. The van der Waals surface area contributed by atoms with E-state index >= 15 is 0 Å². The first-order valence-electron chi connectivity index (χ1n) is 4.30. The number of carbonyl (C=O) groups excluding carboxylic acids is 1. The van der Waals surface area contributed by atoms with Crippen LogP contribution >= 0.6 is 0 Å². The highest BCUT2D eigenvalue weighted by molar-refractivity contribution is 6.31.